The molecule has 1 aromatic carbocycles. The van der Waals surface area contributed by atoms with Gasteiger partial charge in [-0.05, 0) is 12.1 Å². The van der Waals surface area contributed by atoms with Crippen LogP contribution in [0.5, 0.6) is 0 Å². The smallest absolute Gasteiger partial charge is 0.194 e. The number of hydrogen-bond donors (Lipinski definition) is 1. The van der Waals surface area contributed by atoms with Gasteiger partial charge >= 0.3 is 0 Å². The zero-order valence-electron chi connectivity index (χ0n) is 15.1. The van der Waals surface area contributed by atoms with Gasteiger partial charge in [0.1, 0.15) is 12.2 Å². The molecule has 3 aromatic rings. The van der Waals surface area contributed by atoms with Gasteiger partial charge in [0.05, 0.1) is 18.4 Å². The molecule has 0 saturated heterocycles. The van der Waals surface area contributed by atoms with Crippen LogP contribution in [0.3, 0.4) is 0 Å². The van der Waals surface area contributed by atoms with Crippen molar-refractivity contribution in [1.82, 2.24) is 34.8 Å². The number of aliphatic imine (C=N–C) groups is 1. The first kappa shape index (κ1) is 19.9. The second-order valence-electron chi connectivity index (χ2n) is 5.69. The van der Waals surface area contributed by atoms with E-state index in [4.69, 9.17) is 0 Å². The summed E-state index contributed by atoms with van der Waals surface area (Å²) in [5, 5.41) is 11.8. The summed E-state index contributed by atoms with van der Waals surface area (Å²) in [4.78, 5) is 10.6. The van der Waals surface area contributed by atoms with Gasteiger partial charge in [-0.25, -0.2) is 9.67 Å². The number of halogens is 1. The average Bonchev–Trinajstić information content (AvgIpc) is 3.25. The van der Waals surface area contributed by atoms with Crippen LogP contribution >= 0.6 is 24.0 Å². The summed E-state index contributed by atoms with van der Waals surface area (Å²) < 4.78 is 3.61. The molecule has 3 rings (SSSR count). The summed E-state index contributed by atoms with van der Waals surface area (Å²) in [7, 11) is 5.63. The Hall–Kier alpha value is -2.43. The number of benzene rings is 1. The molecule has 2 aromatic heterocycles. The van der Waals surface area contributed by atoms with Crippen LogP contribution in [0.25, 0.3) is 5.69 Å². The molecule has 0 aliphatic heterocycles. The van der Waals surface area contributed by atoms with Gasteiger partial charge in [-0.1, -0.05) is 18.2 Å². The fraction of sp³-hybridized carbons (Fsp3) is 0.294. The number of nitrogens with zero attached hydrogens (tertiary/aromatic N) is 7. The molecule has 8 nitrogen and oxygen atoms in total. The van der Waals surface area contributed by atoms with Crippen LogP contribution < -0.4 is 5.32 Å². The molecule has 0 aliphatic carbocycles. The molecule has 0 spiro atoms. The van der Waals surface area contributed by atoms with E-state index in [9.17, 15) is 0 Å². The van der Waals surface area contributed by atoms with E-state index in [1.807, 2.05) is 66.4 Å². The maximum absolute atomic E-state index is 4.43. The van der Waals surface area contributed by atoms with Gasteiger partial charge in [-0.2, -0.15) is 10.2 Å². The Bertz CT molecular complexity index is 839. The molecule has 0 radical (unpaired) electrons. The quantitative estimate of drug-likeness (QED) is 0.353. The first-order valence-corrected chi connectivity index (χ1v) is 8.01. The van der Waals surface area contributed by atoms with Gasteiger partial charge in [-0.15, -0.1) is 24.0 Å². The van der Waals surface area contributed by atoms with Gasteiger partial charge in [0.15, 0.2) is 5.96 Å². The summed E-state index contributed by atoms with van der Waals surface area (Å²) in [6.45, 7) is 1.27. The van der Waals surface area contributed by atoms with Crippen LogP contribution in [-0.2, 0) is 20.1 Å². The zero-order valence-corrected chi connectivity index (χ0v) is 17.4. The Morgan fingerprint density at radius 3 is 2.65 bits per heavy atom. The first-order chi connectivity index (χ1) is 12.2. The van der Waals surface area contributed by atoms with Crippen LogP contribution in [0.2, 0.25) is 0 Å². The van der Waals surface area contributed by atoms with Crippen molar-refractivity contribution in [3.8, 4) is 5.69 Å². The lowest BCUT2D eigenvalue weighted by Crippen LogP contribution is -2.38. The van der Waals surface area contributed by atoms with Crippen molar-refractivity contribution in [2.24, 2.45) is 12.0 Å². The number of para-hydroxylation sites is 1. The van der Waals surface area contributed by atoms with E-state index in [0.717, 1.165) is 23.0 Å². The third kappa shape index (κ3) is 4.81. The Balaban J connectivity index is 0.00000243. The third-order valence-electron chi connectivity index (χ3n) is 3.86. The fourth-order valence-electron chi connectivity index (χ4n) is 2.54. The molecular formula is C17H23IN8. The van der Waals surface area contributed by atoms with Crippen molar-refractivity contribution in [3.05, 3.63) is 60.4 Å². The molecule has 9 heteroatoms. The lowest BCUT2D eigenvalue weighted by atomic mass is 10.3. The Labute approximate surface area is 170 Å². The number of aromatic nitrogens is 5. The normalized spacial score (nSPS) is 11.1. The molecular weight excluding hydrogens is 443 g/mol. The lowest BCUT2D eigenvalue weighted by Gasteiger charge is -2.21. The fourth-order valence-corrected chi connectivity index (χ4v) is 2.54. The number of aryl methyl sites for hydroxylation is 1. The maximum atomic E-state index is 4.43. The minimum Gasteiger partial charge on any atom is -0.349 e. The molecule has 1 N–H and O–H groups in total. The number of guanidine groups is 1. The predicted molar refractivity (Wildman–Crippen MR) is 112 cm³/mol. The largest absolute Gasteiger partial charge is 0.349 e. The highest BCUT2D eigenvalue weighted by Crippen LogP contribution is 2.09. The highest BCUT2D eigenvalue weighted by atomic mass is 127. The van der Waals surface area contributed by atoms with E-state index in [0.29, 0.717) is 13.1 Å². The van der Waals surface area contributed by atoms with Crippen LogP contribution in [-0.4, -0.2) is 49.5 Å². The van der Waals surface area contributed by atoms with E-state index >= 15 is 0 Å². The number of rotatable bonds is 5. The predicted octanol–water partition coefficient (Wildman–Crippen LogP) is 1.83. The minimum absolute atomic E-state index is 0. The summed E-state index contributed by atoms with van der Waals surface area (Å²) in [5.74, 6) is 1.64. The molecule has 0 saturated carbocycles. The second kappa shape index (κ2) is 9.32. The van der Waals surface area contributed by atoms with Crippen LogP contribution in [0.4, 0.5) is 0 Å². The molecule has 0 atom stereocenters. The van der Waals surface area contributed by atoms with Gasteiger partial charge < -0.3 is 10.2 Å². The SMILES string of the molecule is CN=C(NCc1ncnn1C)N(C)Cc1cnn(-c2ccccc2)c1.I. The van der Waals surface area contributed by atoms with Crippen molar-refractivity contribution in [2.75, 3.05) is 14.1 Å². The van der Waals surface area contributed by atoms with E-state index in [2.05, 4.69) is 25.5 Å². The van der Waals surface area contributed by atoms with Crippen LogP contribution in [0.1, 0.15) is 11.4 Å². The molecule has 26 heavy (non-hydrogen) atoms. The van der Waals surface area contributed by atoms with Crippen molar-refractivity contribution in [3.63, 3.8) is 0 Å². The molecule has 0 fully saturated rings. The molecule has 138 valence electrons. The van der Waals surface area contributed by atoms with Crippen molar-refractivity contribution < 1.29 is 0 Å². The molecule has 0 aliphatic rings. The molecule has 2 heterocycles. The Morgan fingerprint density at radius 1 is 1.23 bits per heavy atom. The third-order valence-corrected chi connectivity index (χ3v) is 3.86. The van der Waals surface area contributed by atoms with E-state index < -0.39 is 0 Å². The van der Waals surface area contributed by atoms with Crippen molar-refractivity contribution in [1.29, 1.82) is 0 Å². The van der Waals surface area contributed by atoms with Gasteiger partial charge in [0, 0.05) is 39.4 Å². The summed E-state index contributed by atoms with van der Waals surface area (Å²) >= 11 is 0. The molecule has 0 bridgehead atoms. The summed E-state index contributed by atoms with van der Waals surface area (Å²) in [5.41, 5.74) is 2.15. The van der Waals surface area contributed by atoms with E-state index in [1.165, 1.54) is 0 Å². The second-order valence-corrected chi connectivity index (χ2v) is 5.69. The number of hydrogen-bond acceptors (Lipinski definition) is 4. The van der Waals surface area contributed by atoms with Crippen molar-refractivity contribution >= 4 is 29.9 Å². The first-order valence-electron chi connectivity index (χ1n) is 8.01. The van der Waals surface area contributed by atoms with Gasteiger partial charge in [0.2, 0.25) is 0 Å². The highest BCUT2D eigenvalue weighted by molar-refractivity contribution is 14.0. The molecule has 0 amide bonds. The maximum Gasteiger partial charge on any atom is 0.194 e. The number of nitrogens with one attached hydrogen (secondary N) is 1. The monoisotopic (exact) mass is 466 g/mol. The zero-order chi connectivity index (χ0) is 17.6. The van der Waals surface area contributed by atoms with Crippen LogP contribution in [0, 0.1) is 0 Å². The Morgan fingerprint density at radius 2 is 2.00 bits per heavy atom. The lowest BCUT2D eigenvalue weighted by molar-refractivity contribution is 0.474. The summed E-state index contributed by atoms with van der Waals surface area (Å²) in [6.07, 6.45) is 5.45. The molecule has 0 unspecified atom stereocenters. The minimum atomic E-state index is 0. The van der Waals surface area contributed by atoms with Gasteiger partial charge in [0.25, 0.3) is 0 Å². The topological polar surface area (TPSA) is 76.2 Å². The Kier molecular flexibility index (Phi) is 7.13. The summed E-state index contributed by atoms with van der Waals surface area (Å²) in [6, 6.07) is 10.1. The van der Waals surface area contributed by atoms with E-state index in [-0.39, 0.29) is 24.0 Å². The highest BCUT2D eigenvalue weighted by Gasteiger charge is 2.10. The van der Waals surface area contributed by atoms with E-state index in [1.54, 1.807) is 18.1 Å². The van der Waals surface area contributed by atoms with Gasteiger partial charge in [-0.3, -0.25) is 9.67 Å². The standard InChI is InChI=1S/C17H22N8.HI/c1-18-17(19-10-16-20-13-22-24(16)3)23(2)11-14-9-21-25(12-14)15-7-5-4-6-8-15;/h4-9,12-13H,10-11H2,1-3H3,(H,18,19);1H. The van der Waals surface area contributed by atoms with Crippen molar-refractivity contribution in [2.45, 2.75) is 13.1 Å². The van der Waals surface area contributed by atoms with Crippen LogP contribution in [0.15, 0.2) is 54.0 Å². The average molecular weight is 466 g/mol.